The normalized spacial score (nSPS) is 16.8. The quantitative estimate of drug-likeness (QED) is 0.652. The van der Waals surface area contributed by atoms with Crippen molar-refractivity contribution < 1.29 is 4.79 Å². The molecule has 4 heteroatoms. The number of hydrogen-bond donors (Lipinski definition) is 1. The highest BCUT2D eigenvalue weighted by Crippen LogP contribution is 2.29. The third-order valence-corrected chi connectivity index (χ3v) is 4.84. The van der Waals surface area contributed by atoms with Crippen molar-refractivity contribution >= 4 is 34.6 Å². The van der Waals surface area contributed by atoms with Crippen LogP contribution in [0.1, 0.15) is 5.56 Å². The largest absolute Gasteiger partial charge is 0.300 e. The third kappa shape index (κ3) is 3.76. The number of rotatable bonds is 3. The van der Waals surface area contributed by atoms with Crippen molar-refractivity contribution in [3.8, 4) is 11.1 Å². The van der Waals surface area contributed by atoms with Crippen LogP contribution < -0.4 is 5.32 Å². The van der Waals surface area contributed by atoms with E-state index in [1.807, 2.05) is 66.7 Å². The molecule has 3 aromatic rings. The van der Waals surface area contributed by atoms with E-state index in [2.05, 4.69) is 34.6 Å². The molecule has 0 spiro atoms. The molecule has 0 aliphatic carbocycles. The van der Waals surface area contributed by atoms with Gasteiger partial charge in [-0.15, -0.1) is 0 Å². The zero-order valence-corrected chi connectivity index (χ0v) is 14.7. The van der Waals surface area contributed by atoms with Gasteiger partial charge in [-0.3, -0.25) is 4.79 Å². The molecule has 0 atom stereocenters. The SMILES string of the molecule is O=C1NC(=Nc2ccccc2)S/C1=C/c1cccc(-c2ccccc2)c1. The van der Waals surface area contributed by atoms with Crippen LogP contribution in [0.5, 0.6) is 0 Å². The molecule has 1 saturated heterocycles. The van der Waals surface area contributed by atoms with Gasteiger partial charge in [0.2, 0.25) is 0 Å². The summed E-state index contributed by atoms with van der Waals surface area (Å²) in [6.45, 7) is 0. The van der Waals surface area contributed by atoms with E-state index in [1.54, 1.807) is 0 Å². The minimum Gasteiger partial charge on any atom is -0.300 e. The van der Waals surface area contributed by atoms with Crippen LogP contribution in [0.2, 0.25) is 0 Å². The van der Waals surface area contributed by atoms with Gasteiger partial charge in [0, 0.05) is 0 Å². The highest BCUT2D eigenvalue weighted by Gasteiger charge is 2.23. The highest BCUT2D eigenvalue weighted by atomic mass is 32.2. The lowest BCUT2D eigenvalue weighted by Gasteiger charge is -2.03. The number of thioether (sulfide) groups is 1. The molecule has 126 valence electrons. The van der Waals surface area contributed by atoms with Gasteiger partial charge in [0.05, 0.1) is 10.6 Å². The van der Waals surface area contributed by atoms with Gasteiger partial charge >= 0.3 is 0 Å². The Balaban J connectivity index is 1.59. The Morgan fingerprint density at radius 1 is 0.808 bits per heavy atom. The minimum absolute atomic E-state index is 0.116. The number of aliphatic imine (C=N–C) groups is 1. The number of amides is 1. The summed E-state index contributed by atoms with van der Waals surface area (Å²) in [6, 6.07) is 28.0. The van der Waals surface area contributed by atoms with Gasteiger partial charge < -0.3 is 5.32 Å². The predicted octanol–water partition coefficient (Wildman–Crippen LogP) is 5.25. The number of carbonyl (C=O) groups excluding carboxylic acids is 1. The van der Waals surface area contributed by atoms with Crippen molar-refractivity contribution in [2.75, 3.05) is 0 Å². The fourth-order valence-corrected chi connectivity index (χ4v) is 3.53. The second-order valence-electron chi connectivity index (χ2n) is 5.81. The average Bonchev–Trinajstić information content (AvgIpc) is 3.02. The lowest BCUT2D eigenvalue weighted by atomic mass is 10.0. The molecule has 4 rings (SSSR count). The van der Waals surface area contributed by atoms with Gasteiger partial charge in [-0.25, -0.2) is 4.99 Å². The zero-order valence-electron chi connectivity index (χ0n) is 13.9. The molecule has 0 bridgehead atoms. The number of nitrogens with one attached hydrogen (secondary N) is 1. The molecule has 1 fully saturated rings. The Hall–Kier alpha value is -3.11. The van der Waals surface area contributed by atoms with Crippen LogP contribution in [0.25, 0.3) is 17.2 Å². The first kappa shape index (κ1) is 16.4. The van der Waals surface area contributed by atoms with Gasteiger partial charge in [-0.2, -0.15) is 0 Å². The van der Waals surface area contributed by atoms with Crippen molar-refractivity contribution in [2.24, 2.45) is 4.99 Å². The fourth-order valence-electron chi connectivity index (χ4n) is 2.69. The van der Waals surface area contributed by atoms with Crippen LogP contribution in [0.3, 0.4) is 0 Å². The second-order valence-corrected chi connectivity index (χ2v) is 6.84. The van der Waals surface area contributed by atoms with Crippen molar-refractivity contribution in [3.63, 3.8) is 0 Å². The fraction of sp³-hybridized carbons (Fsp3) is 0. The Kier molecular flexibility index (Phi) is 4.67. The van der Waals surface area contributed by atoms with Gasteiger partial charge in [0.15, 0.2) is 5.17 Å². The smallest absolute Gasteiger partial charge is 0.264 e. The van der Waals surface area contributed by atoms with Gasteiger partial charge in [0.25, 0.3) is 5.91 Å². The number of benzene rings is 3. The Labute approximate surface area is 156 Å². The number of carbonyl (C=O) groups is 1. The summed E-state index contributed by atoms with van der Waals surface area (Å²) in [5.41, 5.74) is 4.09. The summed E-state index contributed by atoms with van der Waals surface area (Å²) < 4.78 is 0. The standard InChI is InChI=1S/C22H16N2OS/c25-21-20(26-22(24-21)23-19-12-5-2-6-13-19)15-16-8-7-11-18(14-16)17-9-3-1-4-10-17/h1-15H,(H,23,24,25)/b20-15+. The molecule has 1 aliphatic heterocycles. The van der Waals surface area contributed by atoms with Crippen LogP contribution >= 0.6 is 11.8 Å². The number of hydrogen-bond acceptors (Lipinski definition) is 3. The molecule has 3 nitrogen and oxygen atoms in total. The molecule has 0 saturated carbocycles. The third-order valence-electron chi connectivity index (χ3n) is 3.93. The van der Waals surface area contributed by atoms with Crippen LogP contribution in [0, 0.1) is 0 Å². The maximum Gasteiger partial charge on any atom is 0.264 e. The molecule has 1 aliphatic rings. The highest BCUT2D eigenvalue weighted by molar-refractivity contribution is 8.18. The summed E-state index contributed by atoms with van der Waals surface area (Å²) in [4.78, 5) is 17.4. The van der Waals surface area contributed by atoms with Gasteiger partial charge in [-0.05, 0) is 52.7 Å². The summed E-state index contributed by atoms with van der Waals surface area (Å²) in [6.07, 6.45) is 1.90. The maximum absolute atomic E-state index is 12.3. The van der Waals surface area contributed by atoms with Crippen LogP contribution in [0.15, 0.2) is 94.8 Å². The molecule has 3 aromatic carbocycles. The lowest BCUT2D eigenvalue weighted by molar-refractivity contribution is -0.115. The zero-order chi connectivity index (χ0) is 17.8. The molecule has 26 heavy (non-hydrogen) atoms. The van der Waals surface area contributed by atoms with Gasteiger partial charge in [0.1, 0.15) is 0 Å². The van der Waals surface area contributed by atoms with Crippen LogP contribution in [-0.2, 0) is 4.79 Å². The number of nitrogens with zero attached hydrogens (tertiary/aromatic N) is 1. The molecular formula is C22H16N2OS. The maximum atomic E-state index is 12.3. The second kappa shape index (κ2) is 7.42. The minimum atomic E-state index is -0.116. The summed E-state index contributed by atoms with van der Waals surface area (Å²) >= 11 is 1.36. The molecule has 1 N–H and O–H groups in total. The summed E-state index contributed by atoms with van der Waals surface area (Å²) in [5.74, 6) is -0.116. The Morgan fingerprint density at radius 2 is 1.50 bits per heavy atom. The van der Waals surface area contributed by atoms with E-state index in [0.29, 0.717) is 10.1 Å². The van der Waals surface area contributed by atoms with Crippen molar-refractivity contribution in [3.05, 3.63) is 95.4 Å². The van der Waals surface area contributed by atoms with Crippen molar-refractivity contribution in [1.82, 2.24) is 5.32 Å². The first-order valence-electron chi connectivity index (χ1n) is 8.28. The lowest BCUT2D eigenvalue weighted by Crippen LogP contribution is -2.19. The number of amidine groups is 1. The van der Waals surface area contributed by atoms with E-state index in [1.165, 1.54) is 11.8 Å². The van der Waals surface area contributed by atoms with Gasteiger partial charge in [-0.1, -0.05) is 66.7 Å². The van der Waals surface area contributed by atoms with E-state index in [0.717, 1.165) is 22.4 Å². The van der Waals surface area contributed by atoms with E-state index >= 15 is 0 Å². The molecule has 0 unspecified atom stereocenters. The van der Waals surface area contributed by atoms with E-state index < -0.39 is 0 Å². The molecular weight excluding hydrogens is 340 g/mol. The molecule has 1 heterocycles. The van der Waals surface area contributed by atoms with E-state index in [-0.39, 0.29) is 5.91 Å². The predicted molar refractivity (Wildman–Crippen MR) is 109 cm³/mol. The first-order chi connectivity index (χ1) is 12.8. The molecule has 1 amide bonds. The van der Waals surface area contributed by atoms with Crippen molar-refractivity contribution in [2.45, 2.75) is 0 Å². The van der Waals surface area contributed by atoms with Crippen LogP contribution in [-0.4, -0.2) is 11.1 Å². The monoisotopic (exact) mass is 356 g/mol. The van der Waals surface area contributed by atoms with E-state index in [9.17, 15) is 4.79 Å². The number of para-hydroxylation sites is 1. The molecule has 0 aromatic heterocycles. The Bertz CT molecular complexity index is 995. The molecule has 0 radical (unpaired) electrons. The average molecular weight is 356 g/mol. The van der Waals surface area contributed by atoms with Crippen LogP contribution in [0.4, 0.5) is 5.69 Å². The first-order valence-corrected chi connectivity index (χ1v) is 9.10. The van der Waals surface area contributed by atoms with Crippen molar-refractivity contribution in [1.29, 1.82) is 0 Å². The Morgan fingerprint density at radius 3 is 2.27 bits per heavy atom. The topological polar surface area (TPSA) is 41.5 Å². The summed E-state index contributed by atoms with van der Waals surface area (Å²) in [5, 5.41) is 3.43. The van der Waals surface area contributed by atoms with E-state index in [4.69, 9.17) is 0 Å². The summed E-state index contributed by atoms with van der Waals surface area (Å²) in [7, 11) is 0.